The van der Waals surface area contributed by atoms with Gasteiger partial charge in [-0.1, -0.05) is 36.4 Å². The minimum absolute atomic E-state index is 0.0689. The summed E-state index contributed by atoms with van der Waals surface area (Å²) >= 11 is 0. The molecule has 0 aliphatic carbocycles. The third-order valence-electron chi connectivity index (χ3n) is 5.03. The molecule has 0 bridgehead atoms. The van der Waals surface area contributed by atoms with Crippen molar-refractivity contribution in [1.29, 1.82) is 0 Å². The lowest BCUT2D eigenvalue weighted by Gasteiger charge is -2.14. The maximum atomic E-state index is 13.4. The van der Waals surface area contributed by atoms with E-state index in [1.807, 2.05) is 36.4 Å². The van der Waals surface area contributed by atoms with Crippen molar-refractivity contribution in [3.05, 3.63) is 69.6 Å². The molecule has 2 aromatic carbocycles. The second kappa shape index (κ2) is 8.57. The van der Waals surface area contributed by atoms with Gasteiger partial charge in [0.1, 0.15) is 6.54 Å². The van der Waals surface area contributed by atoms with Crippen LogP contribution in [0.15, 0.2) is 58.4 Å². The van der Waals surface area contributed by atoms with Crippen LogP contribution < -0.4 is 11.2 Å². The monoisotopic (exact) mass is 422 g/mol. The molecule has 160 valence electrons. The van der Waals surface area contributed by atoms with E-state index in [1.165, 1.54) is 22.6 Å². The second-order valence-corrected chi connectivity index (χ2v) is 6.92. The van der Waals surface area contributed by atoms with E-state index in [2.05, 4.69) is 4.98 Å². The minimum Gasteiger partial charge on any atom is -0.465 e. The predicted molar refractivity (Wildman–Crippen MR) is 116 cm³/mol. The lowest BCUT2D eigenvalue weighted by Crippen LogP contribution is -2.41. The highest BCUT2D eigenvalue weighted by molar-refractivity contribution is 5.91. The third kappa shape index (κ3) is 3.64. The first-order chi connectivity index (χ1) is 15.1. The number of hydrogen-bond acceptors (Lipinski definition) is 6. The van der Waals surface area contributed by atoms with Gasteiger partial charge in [-0.2, -0.15) is 0 Å². The zero-order chi connectivity index (χ0) is 22.0. The van der Waals surface area contributed by atoms with Crippen LogP contribution in [0.3, 0.4) is 0 Å². The van der Waals surface area contributed by atoms with Gasteiger partial charge < -0.3 is 14.0 Å². The number of esters is 1. The summed E-state index contributed by atoms with van der Waals surface area (Å²) < 4.78 is 14.0. The molecule has 2 heterocycles. The summed E-state index contributed by atoms with van der Waals surface area (Å²) in [5.74, 6) is -0.493. The van der Waals surface area contributed by atoms with Gasteiger partial charge in [0.05, 0.1) is 31.8 Å². The van der Waals surface area contributed by atoms with Crippen LogP contribution in [-0.2, 0) is 27.4 Å². The van der Waals surface area contributed by atoms with Gasteiger partial charge in [0.25, 0.3) is 5.56 Å². The van der Waals surface area contributed by atoms with E-state index in [1.54, 1.807) is 13.0 Å². The molecule has 0 saturated carbocycles. The molecule has 4 aromatic rings. The average molecular weight is 422 g/mol. The Bertz CT molecular complexity index is 1380. The summed E-state index contributed by atoms with van der Waals surface area (Å²) in [6.45, 7) is 2.00. The molecule has 0 saturated heterocycles. The molecule has 0 aliphatic heterocycles. The zero-order valence-electron chi connectivity index (χ0n) is 17.3. The van der Waals surface area contributed by atoms with Crippen LogP contribution in [0.1, 0.15) is 6.92 Å². The maximum absolute atomic E-state index is 13.4. The fourth-order valence-corrected chi connectivity index (χ4v) is 3.65. The average Bonchev–Trinajstić information content (AvgIpc) is 3.17. The number of ether oxygens (including phenoxy) is 2. The summed E-state index contributed by atoms with van der Waals surface area (Å²) in [4.78, 5) is 43.0. The van der Waals surface area contributed by atoms with E-state index >= 15 is 0 Å². The van der Waals surface area contributed by atoms with Crippen LogP contribution in [-0.4, -0.2) is 45.0 Å². The van der Waals surface area contributed by atoms with E-state index in [-0.39, 0.29) is 37.5 Å². The van der Waals surface area contributed by atoms with Crippen molar-refractivity contribution in [1.82, 2.24) is 18.7 Å². The number of fused-ring (bicyclic) bond motifs is 2. The van der Waals surface area contributed by atoms with Crippen molar-refractivity contribution in [2.24, 2.45) is 0 Å². The van der Waals surface area contributed by atoms with Crippen molar-refractivity contribution in [2.45, 2.75) is 20.0 Å². The Hall–Kier alpha value is -3.72. The van der Waals surface area contributed by atoms with Gasteiger partial charge in [0, 0.05) is 12.5 Å². The first kappa shape index (κ1) is 20.5. The molecule has 31 heavy (non-hydrogen) atoms. The maximum Gasteiger partial charge on any atom is 0.337 e. The fraction of sp³-hybridized carbons (Fsp3) is 0.273. The summed E-state index contributed by atoms with van der Waals surface area (Å²) in [7, 11) is 1.50. The molecule has 2 aromatic heterocycles. The van der Waals surface area contributed by atoms with E-state index < -0.39 is 17.2 Å². The topological polar surface area (TPSA) is 97.4 Å². The molecule has 0 unspecified atom stereocenters. The Kier molecular flexibility index (Phi) is 5.68. The Morgan fingerprint density at radius 2 is 1.87 bits per heavy atom. The van der Waals surface area contributed by atoms with Crippen LogP contribution >= 0.6 is 0 Å². The van der Waals surface area contributed by atoms with Crippen molar-refractivity contribution >= 4 is 27.9 Å². The summed E-state index contributed by atoms with van der Waals surface area (Å²) in [5.41, 5.74) is -0.121. The molecule has 0 spiro atoms. The van der Waals surface area contributed by atoms with Crippen molar-refractivity contribution < 1.29 is 14.3 Å². The molecular formula is C22H22N4O5. The van der Waals surface area contributed by atoms with Crippen LogP contribution in [0.2, 0.25) is 0 Å². The molecule has 9 heteroatoms. The van der Waals surface area contributed by atoms with Crippen LogP contribution in [0.4, 0.5) is 0 Å². The normalized spacial score (nSPS) is 11.3. The Morgan fingerprint density at radius 3 is 2.65 bits per heavy atom. The summed E-state index contributed by atoms with van der Waals surface area (Å²) in [6, 6.07) is 13.2. The number of carbonyl (C=O) groups excluding carboxylic acids is 1. The predicted octanol–water partition coefficient (Wildman–Crippen LogP) is 1.71. The lowest BCUT2D eigenvalue weighted by atomic mass is 10.1. The van der Waals surface area contributed by atoms with Gasteiger partial charge in [0.15, 0.2) is 11.2 Å². The molecule has 9 nitrogen and oxygen atoms in total. The highest BCUT2D eigenvalue weighted by Crippen LogP contribution is 2.23. The number of benzene rings is 2. The van der Waals surface area contributed by atoms with Crippen LogP contribution in [0.25, 0.3) is 27.6 Å². The smallest absolute Gasteiger partial charge is 0.337 e. The highest BCUT2D eigenvalue weighted by Gasteiger charge is 2.21. The SMILES string of the molecule is CCOC(=O)Cn1cnc2c1c(=O)n(CCOC)c(=O)n2-c1cccc2ccccc12. The molecule has 0 radical (unpaired) electrons. The third-order valence-corrected chi connectivity index (χ3v) is 5.03. The number of nitrogens with zero attached hydrogens (tertiary/aromatic N) is 4. The quantitative estimate of drug-likeness (QED) is 0.421. The molecule has 0 amide bonds. The molecule has 0 atom stereocenters. The van der Waals surface area contributed by atoms with Crippen molar-refractivity contribution in [3.63, 3.8) is 0 Å². The molecule has 4 rings (SSSR count). The Balaban J connectivity index is 2.05. The first-order valence-electron chi connectivity index (χ1n) is 9.90. The highest BCUT2D eigenvalue weighted by atomic mass is 16.5. The Labute approximate surface area is 177 Å². The Morgan fingerprint density at radius 1 is 1.10 bits per heavy atom. The van der Waals surface area contributed by atoms with E-state index in [0.29, 0.717) is 5.69 Å². The zero-order valence-corrected chi connectivity index (χ0v) is 17.3. The molecule has 0 N–H and O–H groups in total. The number of imidazole rings is 1. The molecular weight excluding hydrogens is 400 g/mol. The number of aromatic nitrogens is 4. The number of methoxy groups -OCH3 is 1. The number of carbonyl (C=O) groups is 1. The lowest BCUT2D eigenvalue weighted by molar-refractivity contribution is -0.143. The van der Waals surface area contributed by atoms with Crippen molar-refractivity contribution in [2.75, 3.05) is 20.3 Å². The standard InChI is InChI=1S/C22H22N4O5/c1-3-31-18(27)13-24-14-23-20-19(24)21(28)25(11-12-30-2)22(29)26(20)17-10-6-8-15-7-4-5-9-16(15)17/h4-10,14H,3,11-13H2,1-2H3. The first-order valence-corrected chi connectivity index (χ1v) is 9.90. The van der Waals surface area contributed by atoms with E-state index in [9.17, 15) is 14.4 Å². The van der Waals surface area contributed by atoms with E-state index in [0.717, 1.165) is 15.3 Å². The van der Waals surface area contributed by atoms with Gasteiger partial charge in [0.2, 0.25) is 0 Å². The van der Waals surface area contributed by atoms with E-state index in [4.69, 9.17) is 9.47 Å². The second-order valence-electron chi connectivity index (χ2n) is 6.92. The van der Waals surface area contributed by atoms with Gasteiger partial charge in [-0.3, -0.25) is 14.2 Å². The van der Waals surface area contributed by atoms with Gasteiger partial charge >= 0.3 is 11.7 Å². The van der Waals surface area contributed by atoms with Crippen LogP contribution in [0.5, 0.6) is 0 Å². The summed E-state index contributed by atoms with van der Waals surface area (Å²) in [6.07, 6.45) is 1.38. The van der Waals surface area contributed by atoms with Crippen molar-refractivity contribution in [3.8, 4) is 5.69 Å². The van der Waals surface area contributed by atoms with Gasteiger partial charge in [-0.15, -0.1) is 0 Å². The largest absolute Gasteiger partial charge is 0.465 e. The molecule has 0 aliphatic rings. The number of rotatable bonds is 7. The number of hydrogen-bond donors (Lipinski definition) is 0. The van der Waals surface area contributed by atoms with Crippen LogP contribution in [0, 0.1) is 0 Å². The van der Waals surface area contributed by atoms with Gasteiger partial charge in [-0.05, 0) is 18.4 Å². The van der Waals surface area contributed by atoms with Gasteiger partial charge in [-0.25, -0.2) is 14.3 Å². The molecule has 0 fully saturated rings. The fourth-order valence-electron chi connectivity index (χ4n) is 3.65. The minimum atomic E-state index is -0.532. The summed E-state index contributed by atoms with van der Waals surface area (Å²) in [5, 5.41) is 1.78.